The van der Waals surface area contributed by atoms with Crippen LogP contribution < -0.4 is 0 Å². The maximum Gasteiger partial charge on any atom is 0.338 e. The molecule has 7 nitrogen and oxygen atoms in total. The fourth-order valence-corrected chi connectivity index (χ4v) is 3.49. The standard InChI is InChI=1S/C20H28N2O5/c1-6-26-20(25)17-15(27-19(24)14-10-8-7-9-11-14)12-21(4)16(13(2)3)18(23)22(17)5/h7-11,13,15-17H,6,12H2,1-5H3/t15-,16-,17-/m0/s1. The van der Waals surface area contributed by atoms with Gasteiger partial charge in [-0.25, -0.2) is 9.59 Å². The number of rotatable bonds is 5. The molecule has 0 radical (unpaired) electrons. The topological polar surface area (TPSA) is 76.1 Å². The molecule has 0 bridgehead atoms. The fraction of sp³-hybridized carbons (Fsp3) is 0.550. The zero-order valence-electron chi connectivity index (χ0n) is 16.5. The number of likely N-dealkylation sites (N-methyl/N-ethyl adjacent to an activating group) is 2. The molecule has 7 heteroatoms. The molecule has 1 saturated heterocycles. The van der Waals surface area contributed by atoms with Gasteiger partial charge in [0.1, 0.15) is 6.10 Å². The van der Waals surface area contributed by atoms with Gasteiger partial charge in [-0.3, -0.25) is 9.69 Å². The number of esters is 2. The largest absolute Gasteiger partial charge is 0.464 e. The monoisotopic (exact) mass is 376 g/mol. The zero-order valence-corrected chi connectivity index (χ0v) is 16.5. The van der Waals surface area contributed by atoms with Gasteiger partial charge in [0.05, 0.1) is 18.2 Å². The number of benzene rings is 1. The number of hydrogen-bond acceptors (Lipinski definition) is 6. The SMILES string of the molecule is CCOC(=O)[C@@H]1[C@@H](OC(=O)c2ccccc2)CN(C)[C@@H](C(C)C)C(=O)N1C. The Morgan fingerprint density at radius 1 is 1.19 bits per heavy atom. The average molecular weight is 376 g/mol. The van der Waals surface area contributed by atoms with Crippen molar-refractivity contribution >= 4 is 17.8 Å². The van der Waals surface area contributed by atoms with Crippen molar-refractivity contribution in [2.45, 2.75) is 39.0 Å². The number of nitrogens with zero attached hydrogens (tertiary/aromatic N) is 2. The third kappa shape index (κ3) is 4.66. The number of carbonyl (C=O) groups excluding carboxylic acids is 3. The second kappa shape index (κ2) is 8.99. The third-order valence-corrected chi connectivity index (χ3v) is 4.74. The summed E-state index contributed by atoms with van der Waals surface area (Å²) in [6.07, 6.45) is -0.834. The smallest absolute Gasteiger partial charge is 0.338 e. The Morgan fingerprint density at radius 2 is 1.81 bits per heavy atom. The van der Waals surface area contributed by atoms with Gasteiger partial charge >= 0.3 is 11.9 Å². The van der Waals surface area contributed by atoms with Gasteiger partial charge in [0.15, 0.2) is 6.04 Å². The van der Waals surface area contributed by atoms with Crippen molar-refractivity contribution in [1.82, 2.24) is 9.80 Å². The second-order valence-electron chi connectivity index (χ2n) is 7.08. The Hall–Kier alpha value is -2.41. The summed E-state index contributed by atoms with van der Waals surface area (Å²) in [6.45, 7) is 6.02. The second-order valence-corrected chi connectivity index (χ2v) is 7.08. The van der Waals surface area contributed by atoms with E-state index in [-0.39, 0.29) is 25.0 Å². The van der Waals surface area contributed by atoms with Crippen molar-refractivity contribution in [2.75, 3.05) is 27.2 Å². The van der Waals surface area contributed by atoms with Crippen LogP contribution in [0.3, 0.4) is 0 Å². The van der Waals surface area contributed by atoms with Crippen LogP contribution in [0, 0.1) is 5.92 Å². The number of carbonyl (C=O) groups is 3. The highest BCUT2D eigenvalue weighted by molar-refractivity contribution is 5.91. The highest BCUT2D eigenvalue weighted by Gasteiger charge is 2.46. The molecule has 1 aromatic carbocycles. The molecule has 148 valence electrons. The van der Waals surface area contributed by atoms with Gasteiger partial charge in [-0.2, -0.15) is 0 Å². The molecule has 0 spiro atoms. The van der Waals surface area contributed by atoms with E-state index >= 15 is 0 Å². The van der Waals surface area contributed by atoms with Crippen molar-refractivity contribution in [2.24, 2.45) is 5.92 Å². The van der Waals surface area contributed by atoms with E-state index in [1.807, 2.05) is 18.7 Å². The lowest BCUT2D eigenvalue weighted by Gasteiger charge is -2.30. The Bertz CT molecular complexity index is 676. The summed E-state index contributed by atoms with van der Waals surface area (Å²) >= 11 is 0. The first-order chi connectivity index (χ1) is 12.8. The highest BCUT2D eigenvalue weighted by Crippen LogP contribution is 2.23. The van der Waals surface area contributed by atoms with Crippen LogP contribution in [0.2, 0.25) is 0 Å². The molecule has 1 fully saturated rings. The van der Waals surface area contributed by atoms with Gasteiger partial charge in [0, 0.05) is 13.6 Å². The molecular weight excluding hydrogens is 348 g/mol. The van der Waals surface area contributed by atoms with Gasteiger partial charge in [0.2, 0.25) is 5.91 Å². The van der Waals surface area contributed by atoms with Crippen LogP contribution in [0.1, 0.15) is 31.1 Å². The van der Waals surface area contributed by atoms with Crippen molar-refractivity contribution < 1.29 is 23.9 Å². The predicted octanol–water partition coefficient (Wildman–Crippen LogP) is 1.57. The number of hydrogen-bond donors (Lipinski definition) is 0. The summed E-state index contributed by atoms with van der Waals surface area (Å²) in [4.78, 5) is 41.3. The highest BCUT2D eigenvalue weighted by atomic mass is 16.6. The molecular formula is C20H28N2O5. The first-order valence-corrected chi connectivity index (χ1v) is 9.17. The molecule has 2 rings (SSSR count). The molecule has 0 aliphatic carbocycles. The molecule has 1 amide bonds. The van der Waals surface area contributed by atoms with Crippen molar-refractivity contribution in [3.05, 3.63) is 35.9 Å². The number of amides is 1. The third-order valence-electron chi connectivity index (χ3n) is 4.74. The summed E-state index contributed by atoms with van der Waals surface area (Å²) in [6, 6.07) is 7.18. The van der Waals surface area contributed by atoms with Crippen LogP contribution >= 0.6 is 0 Å². The van der Waals surface area contributed by atoms with E-state index in [0.717, 1.165) is 0 Å². The van der Waals surface area contributed by atoms with Gasteiger partial charge in [-0.1, -0.05) is 32.0 Å². The van der Waals surface area contributed by atoms with E-state index in [4.69, 9.17) is 9.47 Å². The molecule has 27 heavy (non-hydrogen) atoms. The van der Waals surface area contributed by atoms with Gasteiger partial charge < -0.3 is 14.4 Å². The van der Waals surface area contributed by atoms with Crippen molar-refractivity contribution in [1.29, 1.82) is 0 Å². The minimum absolute atomic E-state index is 0.0383. The summed E-state index contributed by atoms with van der Waals surface area (Å²) in [5.74, 6) is -1.26. The maximum atomic E-state index is 13.0. The molecule has 0 saturated carbocycles. The van der Waals surface area contributed by atoms with Crippen LogP contribution in [0.5, 0.6) is 0 Å². The summed E-state index contributed by atoms with van der Waals surface area (Å²) < 4.78 is 10.8. The predicted molar refractivity (Wildman–Crippen MR) is 100 cm³/mol. The minimum atomic E-state index is -0.990. The van der Waals surface area contributed by atoms with E-state index in [9.17, 15) is 14.4 Å². The molecule has 0 unspecified atom stereocenters. The zero-order chi connectivity index (χ0) is 20.1. The fourth-order valence-electron chi connectivity index (χ4n) is 3.49. The molecule has 0 aromatic heterocycles. The number of ether oxygens (including phenoxy) is 2. The summed E-state index contributed by atoms with van der Waals surface area (Å²) in [5.41, 5.74) is 0.390. The van der Waals surface area contributed by atoms with Crippen LogP contribution in [0.15, 0.2) is 30.3 Å². The molecule has 1 aromatic rings. The van der Waals surface area contributed by atoms with Gasteiger partial charge in [-0.05, 0) is 32.0 Å². The van der Waals surface area contributed by atoms with Crippen molar-refractivity contribution in [3.63, 3.8) is 0 Å². The van der Waals surface area contributed by atoms with E-state index in [0.29, 0.717) is 5.56 Å². The van der Waals surface area contributed by atoms with Crippen LogP contribution in [-0.2, 0) is 19.1 Å². The molecule has 1 heterocycles. The maximum absolute atomic E-state index is 13.0. The quantitative estimate of drug-likeness (QED) is 0.726. The minimum Gasteiger partial charge on any atom is -0.464 e. The molecule has 1 aliphatic rings. The lowest BCUT2D eigenvalue weighted by atomic mass is 10.0. The molecule has 0 N–H and O–H groups in total. The van der Waals surface area contributed by atoms with Gasteiger partial charge in [-0.15, -0.1) is 0 Å². The average Bonchev–Trinajstić information content (AvgIpc) is 2.70. The van der Waals surface area contributed by atoms with Crippen molar-refractivity contribution in [3.8, 4) is 0 Å². The summed E-state index contributed by atoms with van der Waals surface area (Å²) in [7, 11) is 3.36. The van der Waals surface area contributed by atoms with E-state index in [2.05, 4.69) is 0 Å². The lowest BCUT2D eigenvalue weighted by molar-refractivity contribution is -0.158. The van der Waals surface area contributed by atoms with Crippen LogP contribution in [0.4, 0.5) is 0 Å². The van der Waals surface area contributed by atoms with Gasteiger partial charge in [0.25, 0.3) is 0 Å². The molecule has 1 aliphatic heterocycles. The lowest BCUT2D eigenvalue weighted by Crippen LogP contribution is -2.52. The van der Waals surface area contributed by atoms with Crippen LogP contribution in [-0.4, -0.2) is 73.1 Å². The Kier molecular flexibility index (Phi) is 6.96. The van der Waals surface area contributed by atoms with E-state index in [1.54, 1.807) is 51.4 Å². The first kappa shape index (κ1) is 20.9. The van der Waals surface area contributed by atoms with Crippen LogP contribution in [0.25, 0.3) is 0 Å². The molecule has 3 atom stereocenters. The Labute approximate surface area is 160 Å². The Balaban J connectivity index is 2.35. The van der Waals surface area contributed by atoms with E-state index in [1.165, 1.54) is 4.90 Å². The Morgan fingerprint density at radius 3 is 2.37 bits per heavy atom. The van der Waals surface area contributed by atoms with E-state index < -0.39 is 30.1 Å². The first-order valence-electron chi connectivity index (χ1n) is 9.17. The normalized spacial score (nSPS) is 23.9. The summed E-state index contributed by atoms with van der Waals surface area (Å²) in [5, 5.41) is 0.